The average Bonchev–Trinajstić information content (AvgIpc) is 2.48. The molecule has 1 fully saturated rings. The van der Waals surface area contributed by atoms with E-state index in [9.17, 15) is 8.42 Å². The van der Waals surface area contributed by atoms with Gasteiger partial charge in [-0.2, -0.15) is 4.31 Å². The molecule has 5 nitrogen and oxygen atoms in total. The molecule has 21 heavy (non-hydrogen) atoms. The minimum atomic E-state index is -3.38. The normalized spacial score (nSPS) is 21.4. The molecule has 0 radical (unpaired) electrons. The van der Waals surface area contributed by atoms with Crippen LogP contribution in [-0.4, -0.2) is 56.9 Å². The van der Waals surface area contributed by atoms with Crippen LogP contribution in [0, 0.1) is 0 Å². The van der Waals surface area contributed by atoms with E-state index >= 15 is 0 Å². The van der Waals surface area contributed by atoms with Crippen molar-refractivity contribution in [1.29, 1.82) is 0 Å². The number of piperazine rings is 1. The molecule has 0 saturated carbocycles. The fourth-order valence-corrected chi connectivity index (χ4v) is 3.91. The topological polar surface area (TPSA) is 52.7 Å². The van der Waals surface area contributed by atoms with E-state index in [1.807, 2.05) is 19.2 Å². The maximum absolute atomic E-state index is 12.7. The number of anilines is 1. The zero-order valence-electron chi connectivity index (χ0n) is 13.0. The summed E-state index contributed by atoms with van der Waals surface area (Å²) in [7, 11) is -1.35. The number of rotatable bonds is 5. The summed E-state index contributed by atoms with van der Waals surface area (Å²) in [6, 6.07) is 7.30. The highest BCUT2D eigenvalue weighted by Gasteiger charge is 2.30. The Morgan fingerprint density at radius 3 is 2.48 bits per heavy atom. The molecule has 1 N–H and O–H groups in total. The van der Waals surface area contributed by atoms with E-state index in [1.54, 1.807) is 16.4 Å². The van der Waals surface area contributed by atoms with Crippen LogP contribution in [0.2, 0.25) is 0 Å². The Hall–Kier alpha value is -1.11. The summed E-state index contributed by atoms with van der Waals surface area (Å²) in [5.41, 5.74) is 0.961. The highest BCUT2D eigenvalue weighted by atomic mass is 32.2. The van der Waals surface area contributed by atoms with Crippen molar-refractivity contribution < 1.29 is 8.42 Å². The quantitative estimate of drug-likeness (QED) is 0.901. The number of hydrogen-bond acceptors (Lipinski definition) is 4. The second kappa shape index (κ2) is 6.77. The van der Waals surface area contributed by atoms with Gasteiger partial charge in [-0.3, -0.25) is 0 Å². The molecule has 0 amide bonds. The van der Waals surface area contributed by atoms with Crippen LogP contribution in [0.5, 0.6) is 0 Å². The van der Waals surface area contributed by atoms with Gasteiger partial charge >= 0.3 is 0 Å². The van der Waals surface area contributed by atoms with Crippen LogP contribution in [0.3, 0.4) is 0 Å². The third-order valence-electron chi connectivity index (χ3n) is 3.99. The van der Waals surface area contributed by atoms with Crippen LogP contribution in [0.25, 0.3) is 0 Å². The predicted octanol–water partition coefficient (Wildman–Crippen LogP) is 1.83. The Bertz CT molecular complexity index is 557. The third-order valence-corrected chi connectivity index (χ3v) is 5.87. The lowest BCUT2D eigenvalue weighted by Gasteiger charge is -2.36. The number of likely N-dealkylation sites (N-methyl/N-ethyl adjacent to an activating group) is 1. The lowest BCUT2D eigenvalue weighted by atomic mass is 10.2. The minimum absolute atomic E-state index is 0.249. The van der Waals surface area contributed by atoms with E-state index in [0.717, 1.165) is 25.2 Å². The molecular weight excluding hydrogens is 286 g/mol. The van der Waals surface area contributed by atoms with Gasteiger partial charge in [-0.1, -0.05) is 6.92 Å². The van der Waals surface area contributed by atoms with Crippen molar-refractivity contribution in [3.63, 3.8) is 0 Å². The van der Waals surface area contributed by atoms with Crippen molar-refractivity contribution in [3.8, 4) is 0 Å². The van der Waals surface area contributed by atoms with Gasteiger partial charge in [-0.15, -0.1) is 0 Å². The van der Waals surface area contributed by atoms with Gasteiger partial charge < -0.3 is 10.2 Å². The van der Waals surface area contributed by atoms with Crippen molar-refractivity contribution in [1.82, 2.24) is 9.21 Å². The Labute approximate surface area is 128 Å². The Balaban J connectivity index is 2.12. The molecule has 0 aliphatic carbocycles. The van der Waals surface area contributed by atoms with E-state index < -0.39 is 10.0 Å². The molecule has 1 aliphatic rings. The standard InChI is InChI=1S/C15H25N3O2S/c1-4-9-16-14-5-7-15(8-6-14)21(19,20)18-11-10-17(3)13(2)12-18/h5-8,13,16H,4,9-12H2,1-3H3. The van der Waals surface area contributed by atoms with E-state index in [0.29, 0.717) is 18.0 Å². The zero-order valence-corrected chi connectivity index (χ0v) is 13.9. The predicted molar refractivity (Wildman–Crippen MR) is 86.1 cm³/mol. The fourth-order valence-electron chi connectivity index (χ4n) is 2.40. The summed E-state index contributed by atoms with van der Waals surface area (Å²) < 4.78 is 26.9. The van der Waals surface area contributed by atoms with E-state index in [2.05, 4.69) is 24.1 Å². The minimum Gasteiger partial charge on any atom is -0.385 e. The van der Waals surface area contributed by atoms with Crippen molar-refractivity contribution >= 4 is 15.7 Å². The summed E-state index contributed by atoms with van der Waals surface area (Å²) in [4.78, 5) is 2.56. The third kappa shape index (κ3) is 3.75. The van der Waals surface area contributed by atoms with Crippen molar-refractivity contribution in [3.05, 3.63) is 24.3 Å². The van der Waals surface area contributed by atoms with E-state index in [-0.39, 0.29) is 6.04 Å². The second-order valence-electron chi connectivity index (χ2n) is 5.64. The highest BCUT2D eigenvalue weighted by molar-refractivity contribution is 7.89. The first-order valence-electron chi connectivity index (χ1n) is 7.49. The largest absolute Gasteiger partial charge is 0.385 e. The summed E-state index contributed by atoms with van der Waals surface area (Å²) in [6.45, 7) is 6.92. The molecule has 0 aromatic heterocycles. The van der Waals surface area contributed by atoms with Gasteiger partial charge in [0.15, 0.2) is 0 Å². The summed E-state index contributed by atoms with van der Waals surface area (Å²) in [5, 5.41) is 3.25. The Morgan fingerprint density at radius 2 is 1.90 bits per heavy atom. The zero-order chi connectivity index (χ0) is 15.5. The van der Waals surface area contributed by atoms with Gasteiger partial charge in [0, 0.05) is 37.9 Å². The first kappa shape index (κ1) is 16.3. The summed E-state index contributed by atoms with van der Waals surface area (Å²) >= 11 is 0. The van der Waals surface area contributed by atoms with E-state index in [1.165, 1.54) is 0 Å². The molecule has 2 rings (SSSR count). The van der Waals surface area contributed by atoms with Crippen LogP contribution in [0.1, 0.15) is 20.3 Å². The molecule has 6 heteroatoms. The van der Waals surface area contributed by atoms with Gasteiger partial charge in [-0.05, 0) is 44.7 Å². The number of benzene rings is 1. The van der Waals surface area contributed by atoms with Crippen molar-refractivity contribution in [2.45, 2.75) is 31.2 Å². The number of nitrogens with zero attached hydrogens (tertiary/aromatic N) is 2. The van der Waals surface area contributed by atoms with Crippen molar-refractivity contribution in [2.24, 2.45) is 0 Å². The van der Waals surface area contributed by atoms with Crippen LogP contribution in [0.15, 0.2) is 29.2 Å². The molecule has 0 spiro atoms. The van der Waals surface area contributed by atoms with Crippen LogP contribution >= 0.6 is 0 Å². The monoisotopic (exact) mass is 311 g/mol. The van der Waals surface area contributed by atoms with Crippen molar-refractivity contribution in [2.75, 3.05) is 38.5 Å². The molecule has 118 valence electrons. The highest BCUT2D eigenvalue weighted by Crippen LogP contribution is 2.21. The molecule has 1 aromatic rings. The van der Waals surface area contributed by atoms with Gasteiger partial charge in [0.05, 0.1) is 4.90 Å². The van der Waals surface area contributed by atoms with E-state index in [4.69, 9.17) is 0 Å². The molecule has 1 aliphatic heterocycles. The molecule has 1 atom stereocenters. The number of sulfonamides is 1. The summed E-state index contributed by atoms with van der Waals surface area (Å²) in [6.07, 6.45) is 1.04. The fraction of sp³-hybridized carbons (Fsp3) is 0.600. The van der Waals surface area contributed by atoms with Gasteiger partial charge in [0.1, 0.15) is 0 Å². The van der Waals surface area contributed by atoms with Gasteiger partial charge in [-0.25, -0.2) is 8.42 Å². The second-order valence-corrected chi connectivity index (χ2v) is 7.58. The Kier molecular flexibility index (Phi) is 5.24. The maximum Gasteiger partial charge on any atom is 0.243 e. The van der Waals surface area contributed by atoms with Crippen LogP contribution < -0.4 is 5.32 Å². The smallest absolute Gasteiger partial charge is 0.243 e. The molecule has 0 bridgehead atoms. The number of hydrogen-bond donors (Lipinski definition) is 1. The molecule has 1 saturated heterocycles. The molecule has 1 aromatic carbocycles. The Morgan fingerprint density at radius 1 is 1.24 bits per heavy atom. The molecule has 1 heterocycles. The summed E-state index contributed by atoms with van der Waals surface area (Å²) in [5.74, 6) is 0. The molecular formula is C15H25N3O2S. The van der Waals surface area contributed by atoms with Gasteiger partial charge in [0.25, 0.3) is 0 Å². The first-order chi connectivity index (χ1) is 9.95. The lowest BCUT2D eigenvalue weighted by Crippen LogP contribution is -2.51. The molecule has 1 unspecified atom stereocenters. The first-order valence-corrected chi connectivity index (χ1v) is 8.93. The van der Waals surface area contributed by atoms with Crippen LogP contribution in [-0.2, 0) is 10.0 Å². The van der Waals surface area contributed by atoms with Gasteiger partial charge in [0.2, 0.25) is 10.0 Å². The van der Waals surface area contributed by atoms with Crippen LogP contribution in [0.4, 0.5) is 5.69 Å². The SMILES string of the molecule is CCCNc1ccc(S(=O)(=O)N2CCN(C)C(C)C2)cc1. The lowest BCUT2D eigenvalue weighted by molar-refractivity contribution is 0.159. The maximum atomic E-state index is 12.7. The number of nitrogens with one attached hydrogen (secondary N) is 1. The average molecular weight is 311 g/mol.